The van der Waals surface area contributed by atoms with Crippen molar-refractivity contribution in [1.82, 2.24) is 10.3 Å². The highest BCUT2D eigenvalue weighted by molar-refractivity contribution is 6.32. The number of amides is 1. The maximum atomic E-state index is 13.6. The lowest BCUT2D eigenvalue weighted by molar-refractivity contribution is -0.120. The SMILES string of the molecule is C=C(C)COc1cc2oc(=O)c(CC(=O)NCCc3c[nH]c4ccc(F)cc34)c(C)c2cc1Cl. The van der Waals surface area contributed by atoms with Gasteiger partial charge in [-0.2, -0.15) is 0 Å². The highest BCUT2D eigenvalue weighted by Crippen LogP contribution is 2.32. The van der Waals surface area contributed by atoms with Gasteiger partial charge in [-0.05, 0) is 61.2 Å². The standard InChI is InChI=1S/C26H24ClFN2O4/c1-14(2)13-33-24-11-23-18(9-21(24)27)15(3)19(26(32)34-23)10-25(31)29-7-6-16-12-30-22-5-4-17(28)8-20(16)22/h4-5,8-9,11-12,30H,1,6-7,10,13H2,2-3H3,(H,29,31). The fourth-order valence-electron chi connectivity index (χ4n) is 3.82. The predicted octanol–water partition coefficient (Wildman–Crippen LogP) is 5.23. The first kappa shape index (κ1) is 23.6. The van der Waals surface area contributed by atoms with Gasteiger partial charge in [-0.15, -0.1) is 0 Å². The Bertz CT molecular complexity index is 1470. The molecule has 34 heavy (non-hydrogen) atoms. The third-order valence-corrected chi connectivity index (χ3v) is 5.89. The van der Waals surface area contributed by atoms with Gasteiger partial charge in [-0.1, -0.05) is 18.2 Å². The topological polar surface area (TPSA) is 84.3 Å². The Balaban J connectivity index is 1.47. The molecule has 2 aromatic carbocycles. The molecule has 176 valence electrons. The van der Waals surface area contributed by atoms with Crippen molar-refractivity contribution >= 4 is 39.4 Å². The van der Waals surface area contributed by atoms with Crippen molar-refractivity contribution in [1.29, 1.82) is 0 Å². The molecule has 0 spiro atoms. The Morgan fingerprint density at radius 1 is 1.26 bits per heavy atom. The summed E-state index contributed by atoms with van der Waals surface area (Å²) in [6.07, 6.45) is 2.19. The minimum atomic E-state index is -0.583. The predicted molar refractivity (Wildman–Crippen MR) is 131 cm³/mol. The molecule has 2 aromatic heterocycles. The summed E-state index contributed by atoms with van der Waals surface area (Å²) in [6, 6.07) is 7.78. The van der Waals surface area contributed by atoms with E-state index in [1.807, 2.05) is 6.92 Å². The van der Waals surface area contributed by atoms with Gasteiger partial charge in [0, 0.05) is 35.1 Å². The molecule has 0 unspecified atom stereocenters. The first-order valence-electron chi connectivity index (χ1n) is 10.8. The Morgan fingerprint density at radius 3 is 2.82 bits per heavy atom. The Kier molecular flexibility index (Phi) is 6.75. The summed E-state index contributed by atoms with van der Waals surface area (Å²) in [4.78, 5) is 28.3. The number of carbonyl (C=O) groups excluding carboxylic acids is 1. The summed E-state index contributed by atoms with van der Waals surface area (Å²) < 4.78 is 24.6. The smallest absolute Gasteiger partial charge is 0.340 e. The zero-order chi connectivity index (χ0) is 24.4. The molecule has 0 aliphatic heterocycles. The minimum Gasteiger partial charge on any atom is -0.488 e. The summed E-state index contributed by atoms with van der Waals surface area (Å²) in [5.41, 5.74) is 3.20. The zero-order valence-electron chi connectivity index (χ0n) is 18.9. The second kappa shape index (κ2) is 9.73. The second-order valence-corrected chi connectivity index (χ2v) is 8.71. The van der Waals surface area contributed by atoms with Crippen LogP contribution in [-0.2, 0) is 17.6 Å². The molecule has 2 heterocycles. The second-order valence-electron chi connectivity index (χ2n) is 8.30. The maximum absolute atomic E-state index is 13.6. The van der Waals surface area contributed by atoms with Gasteiger partial charge >= 0.3 is 5.63 Å². The van der Waals surface area contributed by atoms with E-state index in [-0.39, 0.29) is 23.7 Å². The molecule has 1 amide bonds. The fourth-order valence-corrected chi connectivity index (χ4v) is 4.04. The molecular formula is C26H24ClFN2O4. The van der Waals surface area contributed by atoms with Gasteiger partial charge in [0.15, 0.2) is 0 Å². The van der Waals surface area contributed by atoms with Crippen LogP contribution in [0.5, 0.6) is 5.75 Å². The van der Waals surface area contributed by atoms with E-state index in [0.717, 1.165) is 22.0 Å². The molecule has 0 radical (unpaired) electrons. The molecule has 0 aliphatic carbocycles. The van der Waals surface area contributed by atoms with E-state index < -0.39 is 5.63 Å². The normalized spacial score (nSPS) is 11.2. The van der Waals surface area contributed by atoms with Crippen LogP contribution in [0.15, 0.2) is 57.9 Å². The van der Waals surface area contributed by atoms with Crippen LogP contribution in [0, 0.1) is 12.7 Å². The number of hydrogen-bond acceptors (Lipinski definition) is 4. The maximum Gasteiger partial charge on any atom is 0.340 e. The summed E-state index contributed by atoms with van der Waals surface area (Å²) >= 11 is 6.35. The summed E-state index contributed by atoms with van der Waals surface area (Å²) in [7, 11) is 0. The summed E-state index contributed by atoms with van der Waals surface area (Å²) in [6.45, 7) is 8.01. The number of H-pyrrole nitrogens is 1. The molecular weight excluding hydrogens is 459 g/mol. The molecule has 0 saturated heterocycles. The largest absolute Gasteiger partial charge is 0.488 e. The van der Waals surface area contributed by atoms with E-state index in [9.17, 15) is 14.0 Å². The minimum absolute atomic E-state index is 0.127. The van der Waals surface area contributed by atoms with Crippen LogP contribution < -0.4 is 15.7 Å². The third kappa shape index (κ3) is 4.99. The number of aryl methyl sites for hydroxylation is 1. The van der Waals surface area contributed by atoms with Gasteiger partial charge in [0.2, 0.25) is 5.91 Å². The van der Waals surface area contributed by atoms with Crippen LogP contribution in [0.2, 0.25) is 5.02 Å². The number of benzene rings is 2. The van der Waals surface area contributed by atoms with Gasteiger partial charge in [0.1, 0.15) is 23.8 Å². The number of rotatable bonds is 8. The molecule has 2 N–H and O–H groups in total. The number of carbonyl (C=O) groups is 1. The number of fused-ring (bicyclic) bond motifs is 2. The molecule has 0 bridgehead atoms. The van der Waals surface area contributed by atoms with Gasteiger partial charge in [0.25, 0.3) is 0 Å². The molecule has 4 rings (SSSR count). The van der Waals surface area contributed by atoms with Gasteiger partial charge in [-0.25, -0.2) is 9.18 Å². The van der Waals surface area contributed by atoms with E-state index in [1.165, 1.54) is 12.1 Å². The van der Waals surface area contributed by atoms with E-state index in [1.54, 1.807) is 31.3 Å². The van der Waals surface area contributed by atoms with Gasteiger partial charge < -0.3 is 19.5 Å². The Hall–Kier alpha value is -3.58. The number of aromatic amines is 1. The third-order valence-electron chi connectivity index (χ3n) is 5.60. The number of aromatic nitrogens is 1. The molecule has 0 fully saturated rings. The van der Waals surface area contributed by atoms with E-state index in [0.29, 0.717) is 46.9 Å². The number of nitrogens with one attached hydrogen (secondary N) is 2. The van der Waals surface area contributed by atoms with Crippen LogP contribution in [0.3, 0.4) is 0 Å². The van der Waals surface area contributed by atoms with Gasteiger partial charge in [-0.3, -0.25) is 4.79 Å². The van der Waals surface area contributed by atoms with Crippen molar-refractivity contribution in [3.63, 3.8) is 0 Å². The van der Waals surface area contributed by atoms with Crippen molar-refractivity contribution in [2.24, 2.45) is 0 Å². The van der Waals surface area contributed by atoms with Crippen molar-refractivity contribution < 1.29 is 18.3 Å². The zero-order valence-corrected chi connectivity index (χ0v) is 19.6. The number of halogens is 2. The number of ether oxygens (including phenoxy) is 1. The van der Waals surface area contributed by atoms with Crippen LogP contribution in [0.25, 0.3) is 21.9 Å². The van der Waals surface area contributed by atoms with Crippen LogP contribution in [0.1, 0.15) is 23.6 Å². The van der Waals surface area contributed by atoms with Crippen LogP contribution >= 0.6 is 11.6 Å². The average molecular weight is 483 g/mol. The highest BCUT2D eigenvalue weighted by Gasteiger charge is 2.17. The monoisotopic (exact) mass is 482 g/mol. The molecule has 6 nitrogen and oxygen atoms in total. The van der Waals surface area contributed by atoms with Crippen molar-refractivity contribution in [3.8, 4) is 5.75 Å². The average Bonchev–Trinajstić information content (AvgIpc) is 3.18. The molecule has 0 atom stereocenters. The Labute approximate surface area is 200 Å². The van der Waals surface area contributed by atoms with Crippen LogP contribution in [0.4, 0.5) is 4.39 Å². The van der Waals surface area contributed by atoms with E-state index in [2.05, 4.69) is 16.9 Å². The lowest BCUT2D eigenvalue weighted by atomic mass is 10.0. The Morgan fingerprint density at radius 2 is 2.06 bits per heavy atom. The molecule has 4 aromatic rings. The molecule has 0 aliphatic rings. The molecule has 8 heteroatoms. The summed E-state index contributed by atoms with van der Waals surface area (Å²) in [5, 5.41) is 4.61. The molecule has 0 saturated carbocycles. The number of hydrogen-bond donors (Lipinski definition) is 2. The lowest BCUT2D eigenvalue weighted by Gasteiger charge is -2.12. The highest BCUT2D eigenvalue weighted by atomic mass is 35.5. The van der Waals surface area contributed by atoms with Crippen molar-refractivity contribution in [2.45, 2.75) is 26.7 Å². The fraction of sp³-hybridized carbons (Fsp3) is 0.231. The first-order chi connectivity index (χ1) is 16.2. The van der Waals surface area contributed by atoms with Crippen LogP contribution in [-0.4, -0.2) is 24.0 Å². The quantitative estimate of drug-likeness (QED) is 0.266. The lowest BCUT2D eigenvalue weighted by Crippen LogP contribution is -2.29. The van der Waals surface area contributed by atoms with E-state index in [4.69, 9.17) is 20.8 Å². The van der Waals surface area contributed by atoms with Crippen molar-refractivity contribution in [3.05, 3.63) is 86.6 Å². The van der Waals surface area contributed by atoms with Gasteiger partial charge in [0.05, 0.1) is 17.0 Å². The first-order valence-corrected chi connectivity index (χ1v) is 11.2. The van der Waals surface area contributed by atoms with E-state index >= 15 is 0 Å². The summed E-state index contributed by atoms with van der Waals surface area (Å²) in [5.74, 6) is -0.235. The van der Waals surface area contributed by atoms with Crippen molar-refractivity contribution in [2.75, 3.05) is 13.2 Å².